The van der Waals surface area contributed by atoms with E-state index in [0.29, 0.717) is 10.7 Å². The van der Waals surface area contributed by atoms with E-state index in [2.05, 4.69) is 34.6 Å². The van der Waals surface area contributed by atoms with Crippen molar-refractivity contribution in [2.24, 2.45) is 0 Å². The van der Waals surface area contributed by atoms with Gasteiger partial charge in [0.15, 0.2) is 5.13 Å². The summed E-state index contributed by atoms with van der Waals surface area (Å²) in [4.78, 5) is 19.6. The molecule has 2 N–H and O–H groups in total. The lowest BCUT2D eigenvalue weighted by atomic mass is 10.1. The number of halogens is 1. The smallest absolute Gasteiger partial charge is 0.257 e. The number of aromatic nitrogens is 1. The van der Waals surface area contributed by atoms with Crippen molar-refractivity contribution in [1.29, 1.82) is 0 Å². The lowest BCUT2D eigenvalue weighted by molar-refractivity contribution is -0.929. The summed E-state index contributed by atoms with van der Waals surface area (Å²) in [6, 6.07) is 16.0. The van der Waals surface area contributed by atoms with Crippen LogP contribution in [0.15, 0.2) is 54.6 Å². The van der Waals surface area contributed by atoms with Crippen LogP contribution in [0, 0.1) is 5.82 Å². The number of carbonyl (C=O) groups excluding carboxylic acids is 1. The van der Waals surface area contributed by atoms with Gasteiger partial charge in [0.05, 0.1) is 17.1 Å². The Kier molecular flexibility index (Phi) is 4.77. The second-order valence-electron chi connectivity index (χ2n) is 6.44. The molecule has 1 aromatic heterocycles. The second kappa shape index (κ2) is 7.35. The molecular formula is C20H19FN3OS+. The number of hydrogen-bond donors (Lipinski definition) is 2. The number of carbonyl (C=O) groups is 1. The quantitative estimate of drug-likeness (QED) is 0.744. The first-order chi connectivity index (χ1) is 12.7. The summed E-state index contributed by atoms with van der Waals surface area (Å²) < 4.78 is 13.0. The van der Waals surface area contributed by atoms with Gasteiger partial charge in [-0.25, -0.2) is 9.37 Å². The number of hydrogen-bond acceptors (Lipinski definition) is 3. The monoisotopic (exact) mass is 368 g/mol. The summed E-state index contributed by atoms with van der Waals surface area (Å²) >= 11 is 1.54. The number of nitrogens with one attached hydrogen (secondary N) is 2. The fourth-order valence-corrected chi connectivity index (χ4v) is 4.26. The van der Waals surface area contributed by atoms with Crippen molar-refractivity contribution in [2.45, 2.75) is 19.5 Å². The summed E-state index contributed by atoms with van der Waals surface area (Å²) in [5.74, 6) is -0.614. The van der Waals surface area contributed by atoms with E-state index in [4.69, 9.17) is 0 Å². The first kappa shape index (κ1) is 16.9. The van der Waals surface area contributed by atoms with E-state index in [1.165, 1.54) is 50.9 Å². The van der Waals surface area contributed by atoms with Gasteiger partial charge in [-0.3, -0.25) is 10.1 Å². The molecule has 2 heterocycles. The lowest BCUT2D eigenvalue weighted by Crippen LogP contribution is -3.10. The Morgan fingerprint density at radius 2 is 1.92 bits per heavy atom. The highest BCUT2D eigenvalue weighted by atomic mass is 32.1. The van der Waals surface area contributed by atoms with Crippen LogP contribution in [0.25, 0.3) is 0 Å². The second-order valence-corrected chi connectivity index (χ2v) is 7.52. The number of rotatable bonds is 4. The number of fused-ring (bicyclic) bond motifs is 1. The molecule has 0 spiro atoms. The SMILES string of the molecule is O=C(Nc1nc2c(s1)C[NH+](Cc1ccccc1)CC2)c1ccc(F)cc1. The maximum Gasteiger partial charge on any atom is 0.257 e. The summed E-state index contributed by atoms with van der Waals surface area (Å²) in [5, 5.41) is 3.45. The van der Waals surface area contributed by atoms with Gasteiger partial charge < -0.3 is 4.90 Å². The van der Waals surface area contributed by atoms with E-state index in [9.17, 15) is 9.18 Å². The third-order valence-electron chi connectivity index (χ3n) is 4.53. The highest BCUT2D eigenvalue weighted by molar-refractivity contribution is 7.15. The molecule has 1 amide bonds. The van der Waals surface area contributed by atoms with Gasteiger partial charge in [-0.05, 0) is 24.3 Å². The Labute approximate surface area is 155 Å². The van der Waals surface area contributed by atoms with Gasteiger partial charge in [0.25, 0.3) is 5.91 Å². The third kappa shape index (κ3) is 3.81. The average molecular weight is 368 g/mol. The summed E-state index contributed by atoms with van der Waals surface area (Å²) in [7, 11) is 0. The fourth-order valence-electron chi connectivity index (χ4n) is 3.19. The molecule has 0 radical (unpaired) electrons. The van der Waals surface area contributed by atoms with E-state index in [-0.39, 0.29) is 11.7 Å². The number of nitrogens with zero attached hydrogens (tertiary/aromatic N) is 1. The van der Waals surface area contributed by atoms with Gasteiger partial charge >= 0.3 is 0 Å². The molecule has 1 aliphatic heterocycles. The van der Waals surface area contributed by atoms with Crippen LogP contribution >= 0.6 is 11.3 Å². The number of benzene rings is 2. The fraction of sp³-hybridized carbons (Fsp3) is 0.200. The Morgan fingerprint density at radius 1 is 1.15 bits per heavy atom. The lowest BCUT2D eigenvalue weighted by Gasteiger charge is -2.22. The van der Waals surface area contributed by atoms with Crippen molar-refractivity contribution in [3.8, 4) is 0 Å². The first-order valence-electron chi connectivity index (χ1n) is 8.60. The molecule has 0 saturated carbocycles. The average Bonchev–Trinajstić information content (AvgIpc) is 3.04. The summed E-state index contributed by atoms with van der Waals surface area (Å²) in [5.41, 5.74) is 2.84. The zero-order valence-electron chi connectivity index (χ0n) is 14.2. The van der Waals surface area contributed by atoms with Crippen LogP contribution in [0.4, 0.5) is 9.52 Å². The number of thiazole rings is 1. The molecule has 132 valence electrons. The predicted molar refractivity (Wildman–Crippen MR) is 99.9 cm³/mol. The largest absolute Gasteiger partial charge is 0.326 e. The maximum absolute atomic E-state index is 13.0. The van der Waals surface area contributed by atoms with Crippen LogP contribution in [0.1, 0.15) is 26.5 Å². The Morgan fingerprint density at radius 3 is 2.69 bits per heavy atom. The molecule has 0 aliphatic carbocycles. The molecule has 1 atom stereocenters. The molecule has 6 heteroatoms. The van der Waals surface area contributed by atoms with Crippen molar-refractivity contribution in [3.05, 3.63) is 82.1 Å². The Bertz CT molecular complexity index is 909. The van der Waals surface area contributed by atoms with Crippen LogP contribution in [0.2, 0.25) is 0 Å². The van der Waals surface area contributed by atoms with Gasteiger partial charge in [0.2, 0.25) is 0 Å². The van der Waals surface area contributed by atoms with Gasteiger partial charge in [0, 0.05) is 17.5 Å². The zero-order chi connectivity index (χ0) is 17.9. The topological polar surface area (TPSA) is 46.4 Å². The van der Waals surface area contributed by atoms with Crippen molar-refractivity contribution in [3.63, 3.8) is 0 Å². The van der Waals surface area contributed by atoms with Crippen LogP contribution in [0.3, 0.4) is 0 Å². The van der Waals surface area contributed by atoms with Crippen LogP contribution in [0.5, 0.6) is 0 Å². The Balaban J connectivity index is 1.42. The standard InChI is InChI=1S/C20H18FN3OS/c21-16-8-6-15(7-9-16)19(25)23-20-22-17-10-11-24(13-18(17)26-20)12-14-4-2-1-3-5-14/h1-9H,10-13H2,(H,22,23,25)/p+1. The summed E-state index contributed by atoms with van der Waals surface area (Å²) in [6.07, 6.45) is 0.917. The minimum Gasteiger partial charge on any atom is -0.326 e. The molecule has 2 aromatic carbocycles. The third-order valence-corrected chi connectivity index (χ3v) is 5.54. The molecule has 3 aromatic rings. The minimum absolute atomic E-state index is 0.260. The molecule has 1 aliphatic rings. The van der Waals surface area contributed by atoms with Gasteiger partial charge in [-0.15, -0.1) is 0 Å². The van der Waals surface area contributed by atoms with Crippen LogP contribution in [-0.4, -0.2) is 17.4 Å². The Hall–Kier alpha value is -2.57. The maximum atomic E-state index is 13.0. The molecule has 0 bridgehead atoms. The van der Waals surface area contributed by atoms with Gasteiger partial charge in [-0.1, -0.05) is 41.7 Å². The van der Waals surface area contributed by atoms with Crippen molar-refractivity contribution in [1.82, 2.24) is 4.98 Å². The van der Waals surface area contributed by atoms with E-state index in [1.54, 1.807) is 0 Å². The highest BCUT2D eigenvalue weighted by Gasteiger charge is 2.24. The van der Waals surface area contributed by atoms with Gasteiger partial charge in [0.1, 0.15) is 18.9 Å². The first-order valence-corrected chi connectivity index (χ1v) is 9.42. The van der Waals surface area contributed by atoms with E-state index < -0.39 is 0 Å². The molecule has 0 fully saturated rings. The number of quaternary nitrogens is 1. The number of anilines is 1. The highest BCUT2D eigenvalue weighted by Crippen LogP contribution is 2.25. The normalized spacial score (nSPS) is 16.1. The molecule has 26 heavy (non-hydrogen) atoms. The van der Waals surface area contributed by atoms with Crippen molar-refractivity contribution < 1.29 is 14.1 Å². The predicted octanol–water partition coefficient (Wildman–Crippen LogP) is 2.68. The molecule has 4 nitrogen and oxygen atoms in total. The number of amides is 1. The molecule has 0 saturated heterocycles. The van der Waals surface area contributed by atoms with E-state index in [1.807, 2.05) is 6.07 Å². The van der Waals surface area contributed by atoms with Crippen molar-refractivity contribution >= 4 is 22.4 Å². The van der Waals surface area contributed by atoms with Crippen LogP contribution in [-0.2, 0) is 19.5 Å². The minimum atomic E-state index is -0.354. The van der Waals surface area contributed by atoms with E-state index in [0.717, 1.165) is 31.7 Å². The zero-order valence-corrected chi connectivity index (χ0v) is 15.0. The van der Waals surface area contributed by atoms with Gasteiger partial charge in [-0.2, -0.15) is 0 Å². The van der Waals surface area contributed by atoms with Crippen LogP contribution < -0.4 is 10.2 Å². The summed E-state index contributed by atoms with van der Waals surface area (Å²) in [6.45, 7) is 2.96. The van der Waals surface area contributed by atoms with Crippen molar-refractivity contribution in [2.75, 3.05) is 11.9 Å². The molecular weight excluding hydrogens is 349 g/mol. The molecule has 4 rings (SSSR count). The van der Waals surface area contributed by atoms with E-state index >= 15 is 0 Å². The molecule has 1 unspecified atom stereocenters.